The zero-order valence-electron chi connectivity index (χ0n) is 9.76. The molecule has 18 heavy (non-hydrogen) atoms. The maximum Gasteiger partial charge on any atom is 0.259 e. The van der Waals surface area contributed by atoms with Crippen molar-refractivity contribution in [2.24, 2.45) is 0 Å². The smallest absolute Gasteiger partial charge is 0.259 e. The molecule has 0 aliphatic carbocycles. The maximum atomic E-state index is 12.1. The summed E-state index contributed by atoms with van der Waals surface area (Å²) in [6.07, 6.45) is 3.09. The zero-order valence-corrected chi connectivity index (χ0v) is 10.6. The van der Waals surface area contributed by atoms with Crippen molar-refractivity contribution in [3.63, 3.8) is 0 Å². The fourth-order valence-corrected chi connectivity index (χ4v) is 3.27. The number of nitriles is 1. The van der Waals surface area contributed by atoms with Crippen molar-refractivity contribution in [2.75, 3.05) is 13.1 Å². The number of aromatic nitrogens is 1. The molecule has 7 heteroatoms. The summed E-state index contributed by atoms with van der Waals surface area (Å²) in [5.74, 6) is 0. The molecule has 6 nitrogen and oxygen atoms in total. The topological polar surface area (TPSA) is 94.9 Å². The SMILES string of the molecule is N#Cc1cccnc1S(=O)(=O)N[C@@H]1CCCNC1. The van der Waals surface area contributed by atoms with Crippen molar-refractivity contribution < 1.29 is 8.42 Å². The van der Waals surface area contributed by atoms with Crippen LogP contribution in [0.1, 0.15) is 18.4 Å². The monoisotopic (exact) mass is 266 g/mol. The lowest BCUT2D eigenvalue weighted by molar-refractivity contribution is 0.428. The average molecular weight is 266 g/mol. The summed E-state index contributed by atoms with van der Waals surface area (Å²) in [7, 11) is -3.73. The van der Waals surface area contributed by atoms with Gasteiger partial charge in [0.2, 0.25) is 0 Å². The second kappa shape index (κ2) is 5.44. The van der Waals surface area contributed by atoms with Crippen molar-refractivity contribution in [3.05, 3.63) is 23.9 Å². The third kappa shape index (κ3) is 2.85. The van der Waals surface area contributed by atoms with Crippen molar-refractivity contribution >= 4 is 10.0 Å². The lowest BCUT2D eigenvalue weighted by Crippen LogP contribution is -2.45. The molecule has 1 aromatic rings. The van der Waals surface area contributed by atoms with E-state index >= 15 is 0 Å². The minimum absolute atomic E-state index is 0.0637. The standard InChI is InChI=1S/C11H14N4O2S/c12-7-9-3-1-6-14-11(9)18(16,17)15-10-4-2-5-13-8-10/h1,3,6,10,13,15H,2,4-5,8H2/t10-/m1/s1. The van der Waals surface area contributed by atoms with Crippen molar-refractivity contribution in [3.8, 4) is 6.07 Å². The fraction of sp³-hybridized carbons (Fsp3) is 0.455. The number of rotatable bonds is 3. The molecule has 0 saturated carbocycles. The summed E-state index contributed by atoms with van der Waals surface area (Å²) >= 11 is 0. The maximum absolute atomic E-state index is 12.1. The normalized spacial score (nSPS) is 20.3. The summed E-state index contributed by atoms with van der Waals surface area (Å²) in [6, 6.07) is 4.69. The van der Waals surface area contributed by atoms with Crippen molar-refractivity contribution in [1.29, 1.82) is 5.26 Å². The third-order valence-electron chi connectivity index (χ3n) is 2.76. The van der Waals surface area contributed by atoms with Crippen LogP contribution in [0.4, 0.5) is 0 Å². The first-order valence-electron chi connectivity index (χ1n) is 5.71. The molecule has 0 amide bonds. The quantitative estimate of drug-likeness (QED) is 0.802. The summed E-state index contributed by atoms with van der Waals surface area (Å²) in [5.41, 5.74) is 0.0637. The lowest BCUT2D eigenvalue weighted by Gasteiger charge is -2.23. The van der Waals surface area contributed by atoms with Crippen LogP contribution < -0.4 is 10.0 Å². The molecular formula is C11H14N4O2S. The third-order valence-corrected chi connectivity index (χ3v) is 4.24. The Morgan fingerprint density at radius 1 is 1.56 bits per heavy atom. The minimum atomic E-state index is -3.73. The Morgan fingerprint density at radius 3 is 3.06 bits per heavy atom. The molecule has 0 spiro atoms. The molecule has 1 fully saturated rings. The molecule has 1 aliphatic heterocycles. The largest absolute Gasteiger partial charge is 0.315 e. The van der Waals surface area contributed by atoms with E-state index in [4.69, 9.17) is 5.26 Å². The molecule has 1 aliphatic rings. The van der Waals surface area contributed by atoms with Crippen LogP contribution in [-0.4, -0.2) is 32.5 Å². The molecule has 96 valence electrons. The van der Waals surface area contributed by atoms with Crippen LogP contribution in [0.3, 0.4) is 0 Å². The summed E-state index contributed by atoms with van der Waals surface area (Å²) in [5, 5.41) is 11.8. The van der Waals surface area contributed by atoms with E-state index in [1.165, 1.54) is 12.3 Å². The summed E-state index contributed by atoms with van der Waals surface area (Å²) in [4.78, 5) is 3.79. The first-order chi connectivity index (χ1) is 8.63. The van der Waals surface area contributed by atoms with Gasteiger partial charge in [-0.15, -0.1) is 0 Å². The molecular weight excluding hydrogens is 252 g/mol. The van der Waals surface area contributed by atoms with Gasteiger partial charge in [-0.05, 0) is 31.5 Å². The van der Waals surface area contributed by atoms with Gasteiger partial charge in [-0.25, -0.2) is 18.1 Å². The Bertz CT molecular complexity index is 559. The Labute approximate surface area is 106 Å². The van der Waals surface area contributed by atoms with E-state index in [0.717, 1.165) is 19.4 Å². The second-order valence-electron chi connectivity index (χ2n) is 4.13. The van der Waals surface area contributed by atoms with Gasteiger partial charge >= 0.3 is 0 Å². The van der Waals surface area contributed by atoms with Crippen LogP contribution in [0.15, 0.2) is 23.4 Å². The molecule has 0 unspecified atom stereocenters. The Morgan fingerprint density at radius 2 is 2.39 bits per heavy atom. The predicted octanol–water partition coefficient (Wildman–Crippen LogP) is -0.0164. The average Bonchev–Trinajstić information content (AvgIpc) is 2.39. The van der Waals surface area contributed by atoms with E-state index in [9.17, 15) is 8.42 Å². The highest BCUT2D eigenvalue weighted by Gasteiger charge is 2.24. The Kier molecular flexibility index (Phi) is 3.91. The second-order valence-corrected chi connectivity index (χ2v) is 5.76. The van der Waals surface area contributed by atoms with Gasteiger partial charge < -0.3 is 5.32 Å². The van der Waals surface area contributed by atoms with Gasteiger partial charge in [0.25, 0.3) is 10.0 Å². The van der Waals surface area contributed by atoms with Crippen molar-refractivity contribution in [1.82, 2.24) is 15.0 Å². The molecule has 0 aromatic carbocycles. The number of pyridine rings is 1. The number of sulfonamides is 1. The summed E-state index contributed by atoms with van der Waals surface area (Å²) < 4.78 is 26.8. The van der Waals surface area contributed by atoms with Crippen LogP contribution in [-0.2, 0) is 10.0 Å². The highest BCUT2D eigenvalue weighted by Crippen LogP contribution is 2.13. The van der Waals surface area contributed by atoms with E-state index < -0.39 is 10.0 Å². The van der Waals surface area contributed by atoms with E-state index in [2.05, 4.69) is 15.0 Å². The van der Waals surface area contributed by atoms with E-state index in [0.29, 0.717) is 6.54 Å². The first-order valence-corrected chi connectivity index (χ1v) is 7.20. The fourth-order valence-electron chi connectivity index (χ4n) is 1.92. The molecule has 0 bridgehead atoms. The van der Waals surface area contributed by atoms with Gasteiger partial charge in [-0.1, -0.05) is 0 Å². The van der Waals surface area contributed by atoms with Gasteiger partial charge in [0.15, 0.2) is 5.03 Å². The molecule has 0 radical (unpaired) electrons. The molecule has 2 heterocycles. The van der Waals surface area contributed by atoms with E-state index in [-0.39, 0.29) is 16.6 Å². The Balaban J connectivity index is 2.22. The summed E-state index contributed by atoms with van der Waals surface area (Å²) in [6.45, 7) is 1.51. The minimum Gasteiger partial charge on any atom is -0.315 e. The number of hydrogen-bond acceptors (Lipinski definition) is 5. The van der Waals surface area contributed by atoms with Crippen LogP contribution in [0.25, 0.3) is 0 Å². The van der Waals surface area contributed by atoms with E-state index in [1.807, 2.05) is 6.07 Å². The van der Waals surface area contributed by atoms with Gasteiger partial charge in [0.05, 0.1) is 5.56 Å². The lowest BCUT2D eigenvalue weighted by atomic mass is 10.1. The molecule has 1 saturated heterocycles. The zero-order chi connectivity index (χ0) is 13.0. The van der Waals surface area contributed by atoms with Crippen LogP contribution in [0.5, 0.6) is 0 Å². The molecule has 2 rings (SSSR count). The van der Waals surface area contributed by atoms with E-state index in [1.54, 1.807) is 6.07 Å². The first kappa shape index (κ1) is 13.0. The van der Waals surface area contributed by atoms with Gasteiger partial charge in [-0.2, -0.15) is 5.26 Å². The molecule has 1 aromatic heterocycles. The highest BCUT2D eigenvalue weighted by atomic mass is 32.2. The van der Waals surface area contributed by atoms with Gasteiger partial charge in [0.1, 0.15) is 6.07 Å². The number of hydrogen-bond donors (Lipinski definition) is 2. The Hall–Kier alpha value is -1.49. The molecule has 2 N–H and O–H groups in total. The van der Waals surface area contributed by atoms with Crippen LogP contribution in [0.2, 0.25) is 0 Å². The molecule has 1 atom stereocenters. The number of nitrogens with zero attached hydrogens (tertiary/aromatic N) is 2. The van der Waals surface area contributed by atoms with Crippen LogP contribution in [0, 0.1) is 11.3 Å². The van der Waals surface area contributed by atoms with Crippen LogP contribution >= 0.6 is 0 Å². The van der Waals surface area contributed by atoms with Gasteiger partial charge in [-0.3, -0.25) is 0 Å². The number of piperidine rings is 1. The van der Waals surface area contributed by atoms with Gasteiger partial charge in [0, 0.05) is 18.8 Å². The number of nitrogens with one attached hydrogen (secondary N) is 2. The predicted molar refractivity (Wildman–Crippen MR) is 65.2 cm³/mol. The highest BCUT2D eigenvalue weighted by molar-refractivity contribution is 7.89. The van der Waals surface area contributed by atoms with Crippen molar-refractivity contribution in [2.45, 2.75) is 23.9 Å².